The van der Waals surface area contributed by atoms with E-state index in [-0.39, 0.29) is 5.78 Å². The fourth-order valence-electron chi connectivity index (χ4n) is 4.32. The number of fused-ring (bicyclic) bond motifs is 1. The van der Waals surface area contributed by atoms with Gasteiger partial charge in [0.1, 0.15) is 0 Å². The quantitative estimate of drug-likeness (QED) is 0.130. The number of unbranched alkanes of at least 4 members (excludes halogenated alkanes) is 3. The Morgan fingerprint density at radius 1 is 1.10 bits per heavy atom. The second-order valence-electron chi connectivity index (χ2n) is 8.38. The maximum atomic E-state index is 13.3. The summed E-state index contributed by atoms with van der Waals surface area (Å²) in [4.78, 5) is 23.2. The van der Waals surface area contributed by atoms with Gasteiger partial charge in [-0.3, -0.25) is 0 Å². The Balaban J connectivity index is 2.11. The van der Waals surface area contributed by atoms with Crippen LogP contribution in [0.1, 0.15) is 75.3 Å². The van der Waals surface area contributed by atoms with Crippen LogP contribution < -0.4 is 2.89 Å². The van der Waals surface area contributed by atoms with Crippen LogP contribution in [-0.2, 0) is 0 Å². The van der Waals surface area contributed by atoms with E-state index in [1.165, 1.54) is 51.8 Å². The van der Waals surface area contributed by atoms with Gasteiger partial charge in [-0.25, -0.2) is 0 Å². The number of hydrogen-bond acceptors (Lipinski definition) is 5. The summed E-state index contributed by atoms with van der Waals surface area (Å²) in [7, 11) is 0. The number of carbonyl (C=O) groups is 1. The summed E-state index contributed by atoms with van der Waals surface area (Å²) in [6.45, 7) is 6.95. The number of thiazole rings is 1. The molecular formula is C24H35N3OS2Sn. The fourth-order valence-corrected chi connectivity index (χ4v) is 24.9. The number of hydrogen-bond donors (Lipinski definition) is 0. The molecule has 0 aromatic carbocycles. The predicted octanol–water partition coefficient (Wildman–Crippen LogP) is 6.80. The Labute approximate surface area is 199 Å². The van der Waals surface area contributed by atoms with Crippen molar-refractivity contribution in [3.8, 4) is 0 Å². The van der Waals surface area contributed by atoms with Gasteiger partial charge in [-0.05, 0) is 0 Å². The molecule has 0 amide bonds. The zero-order valence-corrected chi connectivity index (χ0v) is 23.8. The number of aromatic nitrogens is 3. The molecule has 3 rings (SSSR count). The Morgan fingerprint density at radius 3 is 2.26 bits per heavy atom. The third kappa shape index (κ3) is 5.56. The third-order valence-corrected chi connectivity index (χ3v) is 26.1. The summed E-state index contributed by atoms with van der Waals surface area (Å²) in [5.74, 6) is -0.0178. The van der Waals surface area contributed by atoms with E-state index >= 15 is 0 Å². The molecule has 3 aromatic heterocycles. The molecule has 0 radical (unpaired) electrons. The Hall–Kier alpha value is -0.861. The number of pyridine rings is 1. The zero-order chi connectivity index (χ0) is 22.3. The second kappa shape index (κ2) is 11.8. The SMILES string of the molecule is CCC[CH2][Sn]([CH2]CCC)([CH2]CCC)[c]1cn2c(SC)nc(C(=O)c3cccnc3)c2s1. The van der Waals surface area contributed by atoms with Crippen LogP contribution in [0, 0.1) is 0 Å². The Kier molecular flexibility index (Phi) is 9.46. The van der Waals surface area contributed by atoms with Crippen LogP contribution in [0.2, 0.25) is 13.3 Å². The molecule has 0 N–H and O–H groups in total. The minimum atomic E-state index is -2.55. The Bertz CT molecular complexity index is 962. The number of nitrogens with zero attached hydrogens (tertiary/aromatic N) is 3. The van der Waals surface area contributed by atoms with Gasteiger partial charge in [0, 0.05) is 0 Å². The van der Waals surface area contributed by atoms with E-state index in [1.54, 1.807) is 27.0 Å². The number of carbonyl (C=O) groups excluding carboxylic acids is 1. The number of rotatable bonds is 13. The molecule has 0 aliphatic heterocycles. The van der Waals surface area contributed by atoms with E-state index in [1.807, 2.05) is 29.7 Å². The van der Waals surface area contributed by atoms with Gasteiger partial charge in [0.05, 0.1) is 0 Å². The van der Waals surface area contributed by atoms with Crippen LogP contribution in [0.4, 0.5) is 0 Å². The van der Waals surface area contributed by atoms with Gasteiger partial charge in [-0.1, -0.05) is 0 Å². The molecule has 0 fully saturated rings. The summed E-state index contributed by atoms with van der Waals surface area (Å²) in [6.07, 6.45) is 15.6. The predicted molar refractivity (Wildman–Crippen MR) is 137 cm³/mol. The number of imidazole rings is 1. The maximum absolute atomic E-state index is 13.3. The van der Waals surface area contributed by atoms with Crippen LogP contribution in [0.15, 0.2) is 35.9 Å². The van der Waals surface area contributed by atoms with Crippen molar-refractivity contribution >= 4 is 55.0 Å². The first kappa shape index (κ1) is 24.8. The van der Waals surface area contributed by atoms with Gasteiger partial charge in [0.25, 0.3) is 0 Å². The molecule has 168 valence electrons. The molecule has 0 saturated heterocycles. The Morgan fingerprint density at radius 2 is 1.74 bits per heavy atom. The molecule has 0 aliphatic rings. The van der Waals surface area contributed by atoms with E-state index in [0.717, 1.165) is 9.99 Å². The molecule has 0 unspecified atom stereocenters. The molecule has 7 heteroatoms. The second-order valence-corrected chi connectivity index (χ2v) is 24.3. The van der Waals surface area contributed by atoms with Crippen molar-refractivity contribution < 1.29 is 4.79 Å². The molecule has 0 bridgehead atoms. The van der Waals surface area contributed by atoms with Gasteiger partial charge >= 0.3 is 200 Å². The molecular weight excluding hydrogens is 529 g/mol. The molecule has 0 saturated carbocycles. The van der Waals surface area contributed by atoms with Gasteiger partial charge in [-0.2, -0.15) is 0 Å². The van der Waals surface area contributed by atoms with Gasteiger partial charge < -0.3 is 0 Å². The molecule has 0 atom stereocenters. The summed E-state index contributed by atoms with van der Waals surface area (Å²) >= 11 is 0.954. The van der Waals surface area contributed by atoms with Crippen LogP contribution in [0.25, 0.3) is 4.83 Å². The van der Waals surface area contributed by atoms with Gasteiger partial charge in [-0.15, -0.1) is 0 Å². The third-order valence-electron chi connectivity index (χ3n) is 6.16. The van der Waals surface area contributed by atoms with Gasteiger partial charge in [0.2, 0.25) is 0 Å². The molecule has 0 spiro atoms. The number of thioether (sulfide) groups is 1. The summed E-state index contributed by atoms with van der Waals surface area (Å²) in [5.41, 5.74) is 1.21. The molecule has 3 aromatic rings. The van der Waals surface area contributed by atoms with Crippen LogP contribution in [0.5, 0.6) is 0 Å². The average Bonchev–Trinajstić information content (AvgIpc) is 3.39. The summed E-state index contributed by atoms with van der Waals surface area (Å²) in [6, 6.07) is 3.65. The molecule has 31 heavy (non-hydrogen) atoms. The monoisotopic (exact) mass is 565 g/mol. The van der Waals surface area contributed by atoms with Crippen molar-refractivity contribution in [3.05, 3.63) is 42.0 Å². The van der Waals surface area contributed by atoms with Crippen molar-refractivity contribution in [2.24, 2.45) is 0 Å². The normalized spacial score (nSPS) is 12.0. The minimum absolute atomic E-state index is 0.0178. The van der Waals surface area contributed by atoms with Crippen molar-refractivity contribution in [1.29, 1.82) is 0 Å². The van der Waals surface area contributed by atoms with Crippen molar-refractivity contribution in [1.82, 2.24) is 14.4 Å². The molecule has 4 nitrogen and oxygen atoms in total. The first-order chi connectivity index (χ1) is 15.1. The van der Waals surface area contributed by atoms with Crippen LogP contribution in [0.3, 0.4) is 0 Å². The topological polar surface area (TPSA) is 47.3 Å². The van der Waals surface area contributed by atoms with E-state index in [4.69, 9.17) is 4.98 Å². The summed E-state index contributed by atoms with van der Waals surface area (Å²) in [5, 5.41) is 0.923. The van der Waals surface area contributed by atoms with E-state index in [9.17, 15) is 4.79 Å². The van der Waals surface area contributed by atoms with Crippen molar-refractivity contribution in [2.75, 3.05) is 6.26 Å². The van der Waals surface area contributed by atoms with E-state index in [0.29, 0.717) is 11.3 Å². The average molecular weight is 564 g/mol. The van der Waals surface area contributed by atoms with Crippen molar-refractivity contribution in [3.63, 3.8) is 0 Å². The van der Waals surface area contributed by atoms with Crippen molar-refractivity contribution in [2.45, 2.75) is 77.8 Å². The van der Waals surface area contributed by atoms with Crippen LogP contribution >= 0.6 is 23.1 Å². The standard InChI is InChI=1S/C12H8N3OS2.3C4H9.Sn/c1-17-12-14-9(11-15(12)5-6-18-11)10(16)8-3-2-4-13-7-8;3*1-3-4-2;/h2-5,7H,1H3;3*1,3-4H2,2H3;. The van der Waals surface area contributed by atoms with E-state index < -0.39 is 18.4 Å². The zero-order valence-electron chi connectivity index (χ0n) is 19.3. The first-order valence-corrected chi connectivity index (χ1v) is 21.1. The van der Waals surface area contributed by atoms with E-state index in [2.05, 4.69) is 36.4 Å². The summed E-state index contributed by atoms with van der Waals surface area (Å²) < 4.78 is 8.15. The van der Waals surface area contributed by atoms with Crippen LogP contribution in [-0.4, -0.2) is 44.8 Å². The first-order valence-electron chi connectivity index (χ1n) is 11.6. The number of ketones is 1. The molecule has 0 aliphatic carbocycles. The fraction of sp³-hybridized carbons (Fsp3) is 0.542. The van der Waals surface area contributed by atoms with Gasteiger partial charge in [0.15, 0.2) is 0 Å². The molecule has 3 heterocycles.